The normalized spacial score (nSPS) is 22.5. The van der Waals surface area contributed by atoms with Gasteiger partial charge in [0.15, 0.2) is 0 Å². The van der Waals surface area contributed by atoms with Crippen LogP contribution in [0, 0.1) is 0 Å². The number of para-hydroxylation sites is 1. The van der Waals surface area contributed by atoms with Crippen LogP contribution in [0.3, 0.4) is 0 Å². The maximum atomic E-state index is 5.82. The summed E-state index contributed by atoms with van der Waals surface area (Å²) in [6, 6.07) is 11.1. The van der Waals surface area contributed by atoms with Crippen LogP contribution in [-0.4, -0.2) is 23.7 Å². The standard InChI is InChI=1S/C18H24N2O/c1-2-5-17-12-16(9-11-21-17)20-13-15-7-3-6-14-8-4-10-19-18(14)15/h3-4,6-8,10,16-17,20H,2,5,9,11-13H2,1H3. The molecule has 2 atom stereocenters. The van der Waals surface area contributed by atoms with Crippen molar-refractivity contribution in [3.8, 4) is 0 Å². The molecule has 1 aliphatic heterocycles. The Balaban J connectivity index is 1.64. The number of nitrogens with zero attached hydrogens (tertiary/aromatic N) is 1. The Morgan fingerprint density at radius 3 is 3.10 bits per heavy atom. The van der Waals surface area contributed by atoms with E-state index in [4.69, 9.17) is 4.74 Å². The molecule has 0 spiro atoms. The second-order valence-electron chi connectivity index (χ2n) is 5.88. The number of ether oxygens (including phenoxy) is 1. The molecule has 0 saturated carbocycles. The van der Waals surface area contributed by atoms with Gasteiger partial charge in [0.05, 0.1) is 11.6 Å². The Morgan fingerprint density at radius 2 is 2.19 bits per heavy atom. The van der Waals surface area contributed by atoms with Crippen molar-refractivity contribution in [1.29, 1.82) is 0 Å². The molecule has 0 aliphatic carbocycles. The highest BCUT2D eigenvalue weighted by molar-refractivity contribution is 5.81. The fourth-order valence-corrected chi connectivity index (χ4v) is 3.15. The SMILES string of the molecule is CCCC1CC(NCc2cccc3cccnc23)CCO1. The minimum atomic E-state index is 0.437. The smallest absolute Gasteiger partial charge is 0.0746 e. The largest absolute Gasteiger partial charge is 0.378 e. The van der Waals surface area contributed by atoms with Crippen LogP contribution in [0.5, 0.6) is 0 Å². The van der Waals surface area contributed by atoms with Gasteiger partial charge < -0.3 is 10.1 Å². The van der Waals surface area contributed by atoms with E-state index in [0.29, 0.717) is 12.1 Å². The molecule has 3 heteroatoms. The van der Waals surface area contributed by atoms with Gasteiger partial charge >= 0.3 is 0 Å². The summed E-state index contributed by atoms with van der Waals surface area (Å²) in [5, 5.41) is 4.91. The molecule has 0 radical (unpaired) electrons. The molecule has 1 N–H and O–H groups in total. The van der Waals surface area contributed by atoms with Crippen molar-refractivity contribution in [1.82, 2.24) is 10.3 Å². The summed E-state index contributed by atoms with van der Waals surface area (Å²) in [5.74, 6) is 0. The zero-order valence-electron chi connectivity index (χ0n) is 12.7. The average molecular weight is 284 g/mol. The van der Waals surface area contributed by atoms with Crippen LogP contribution in [0.4, 0.5) is 0 Å². The molecule has 3 rings (SSSR count). The molecule has 2 unspecified atom stereocenters. The Morgan fingerprint density at radius 1 is 1.29 bits per heavy atom. The molecule has 21 heavy (non-hydrogen) atoms. The lowest BCUT2D eigenvalue weighted by Crippen LogP contribution is -2.38. The number of pyridine rings is 1. The molecule has 1 aromatic heterocycles. The van der Waals surface area contributed by atoms with E-state index in [1.807, 2.05) is 12.3 Å². The van der Waals surface area contributed by atoms with Gasteiger partial charge in [-0.2, -0.15) is 0 Å². The van der Waals surface area contributed by atoms with Crippen LogP contribution in [0.15, 0.2) is 36.5 Å². The van der Waals surface area contributed by atoms with Gasteiger partial charge in [0.1, 0.15) is 0 Å². The fraction of sp³-hybridized carbons (Fsp3) is 0.500. The molecule has 0 bridgehead atoms. The molecule has 1 fully saturated rings. The molecule has 0 amide bonds. The highest BCUT2D eigenvalue weighted by atomic mass is 16.5. The second-order valence-corrected chi connectivity index (χ2v) is 5.88. The fourth-order valence-electron chi connectivity index (χ4n) is 3.15. The van der Waals surface area contributed by atoms with Crippen molar-refractivity contribution in [2.45, 2.75) is 51.3 Å². The van der Waals surface area contributed by atoms with E-state index in [0.717, 1.165) is 31.5 Å². The van der Waals surface area contributed by atoms with Crippen LogP contribution in [0.25, 0.3) is 10.9 Å². The van der Waals surface area contributed by atoms with Gasteiger partial charge in [-0.15, -0.1) is 0 Å². The first-order valence-corrected chi connectivity index (χ1v) is 8.04. The van der Waals surface area contributed by atoms with Crippen molar-refractivity contribution >= 4 is 10.9 Å². The van der Waals surface area contributed by atoms with Crippen molar-refractivity contribution in [2.24, 2.45) is 0 Å². The summed E-state index contributed by atoms with van der Waals surface area (Å²) >= 11 is 0. The Labute approximate surface area is 126 Å². The minimum Gasteiger partial charge on any atom is -0.378 e. The summed E-state index contributed by atoms with van der Waals surface area (Å²) in [7, 11) is 0. The lowest BCUT2D eigenvalue weighted by Gasteiger charge is -2.30. The number of hydrogen-bond donors (Lipinski definition) is 1. The van der Waals surface area contributed by atoms with Gasteiger partial charge in [0.2, 0.25) is 0 Å². The van der Waals surface area contributed by atoms with Gasteiger partial charge in [-0.3, -0.25) is 4.98 Å². The number of rotatable bonds is 5. The van der Waals surface area contributed by atoms with Crippen molar-refractivity contribution < 1.29 is 4.74 Å². The van der Waals surface area contributed by atoms with E-state index in [1.54, 1.807) is 0 Å². The molecular formula is C18H24N2O. The summed E-state index contributed by atoms with van der Waals surface area (Å²) in [5.41, 5.74) is 2.40. The first kappa shape index (κ1) is 14.5. The zero-order valence-corrected chi connectivity index (χ0v) is 12.7. The topological polar surface area (TPSA) is 34.2 Å². The number of nitrogens with one attached hydrogen (secondary N) is 1. The van der Waals surface area contributed by atoms with Gasteiger partial charge in [-0.1, -0.05) is 37.6 Å². The molecule has 112 valence electrons. The summed E-state index contributed by atoms with van der Waals surface area (Å²) in [4.78, 5) is 4.52. The predicted molar refractivity (Wildman–Crippen MR) is 86.3 cm³/mol. The summed E-state index contributed by atoms with van der Waals surface area (Å²) in [6.07, 6.45) is 6.92. The third kappa shape index (κ3) is 3.60. The quantitative estimate of drug-likeness (QED) is 0.909. The zero-order chi connectivity index (χ0) is 14.5. The van der Waals surface area contributed by atoms with E-state index >= 15 is 0 Å². The Hall–Kier alpha value is -1.45. The van der Waals surface area contributed by atoms with E-state index in [1.165, 1.54) is 23.8 Å². The third-order valence-corrected chi connectivity index (χ3v) is 4.28. The van der Waals surface area contributed by atoms with Crippen LogP contribution < -0.4 is 5.32 Å². The summed E-state index contributed by atoms with van der Waals surface area (Å²) in [6.45, 7) is 4.00. The first-order valence-electron chi connectivity index (χ1n) is 8.04. The second kappa shape index (κ2) is 7.01. The molecule has 3 nitrogen and oxygen atoms in total. The number of fused-ring (bicyclic) bond motifs is 1. The van der Waals surface area contributed by atoms with Gasteiger partial charge in [-0.25, -0.2) is 0 Å². The Kier molecular flexibility index (Phi) is 4.84. The summed E-state index contributed by atoms with van der Waals surface area (Å²) < 4.78 is 5.82. The first-order chi connectivity index (χ1) is 10.4. The van der Waals surface area contributed by atoms with Gasteiger partial charge in [0.25, 0.3) is 0 Å². The monoisotopic (exact) mass is 284 g/mol. The number of aromatic nitrogens is 1. The molecule has 1 aliphatic rings. The molecular weight excluding hydrogens is 260 g/mol. The van der Waals surface area contributed by atoms with E-state index in [2.05, 4.69) is 41.5 Å². The molecule has 1 aromatic carbocycles. The van der Waals surface area contributed by atoms with Gasteiger partial charge in [0, 0.05) is 30.8 Å². The van der Waals surface area contributed by atoms with Crippen LogP contribution >= 0.6 is 0 Å². The third-order valence-electron chi connectivity index (χ3n) is 4.28. The molecule has 2 heterocycles. The molecule has 2 aromatic rings. The number of benzene rings is 1. The molecule has 1 saturated heterocycles. The van der Waals surface area contributed by atoms with E-state index in [-0.39, 0.29) is 0 Å². The van der Waals surface area contributed by atoms with Crippen molar-refractivity contribution in [3.05, 3.63) is 42.1 Å². The van der Waals surface area contributed by atoms with Crippen LogP contribution in [0.1, 0.15) is 38.2 Å². The van der Waals surface area contributed by atoms with Crippen LogP contribution in [0.2, 0.25) is 0 Å². The number of hydrogen-bond acceptors (Lipinski definition) is 3. The highest BCUT2D eigenvalue weighted by Crippen LogP contribution is 2.20. The average Bonchev–Trinajstić information content (AvgIpc) is 2.53. The van der Waals surface area contributed by atoms with Crippen molar-refractivity contribution in [3.63, 3.8) is 0 Å². The lowest BCUT2D eigenvalue weighted by atomic mass is 9.99. The highest BCUT2D eigenvalue weighted by Gasteiger charge is 2.21. The maximum absolute atomic E-state index is 5.82. The van der Waals surface area contributed by atoms with E-state index in [9.17, 15) is 0 Å². The lowest BCUT2D eigenvalue weighted by molar-refractivity contribution is -0.00341. The van der Waals surface area contributed by atoms with E-state index < -0.39 is 0 Å². The maximum Gasteiger partial charge on any atom is 0.0746 e. The van der Waals surface area contributed by atoms with Gasteiger partial charge in [-0.05, 0) is 30.9 Å². The Bertz CT molecular complexity index is 577. The minimum absolute atomic E-state index is 0.437. The van der Waals surface area contributed by atoms with Crippen LogP contribution in [-0.2, 0) is 11.3 Å². The van der Waals surface area contributed by atoms with Crippen molar-refractivity contribution in [2.75, 3.05) is 6.61 Å². The predicted octanol–water partition coefficient (Wildman–Crippen LogP) is 3.67.